The van der Waals surface area contributed by atoms with Gasteiger partial charge < -0.3 is 20.7 Å². The van der Waals surface area contributed by atoms with Crippen molar-refractivity contribution in [2.24, 2.45) is 11.7 Å². The minimum Gasteiger partial charge on any atom is -0.370 e. The van der Waals surface area contributed by atoms with Gasteiger partial charge in [-0.1, -0.05) is 0 Å². The fraction of sp³-hybridized carbons (Fsp3) is 0.579. The smallest absolute Gasteiger partial charge is 0.265 e. The molecule has 28 heavy (non-hydrogen) atoms. The highest BCUT2D eigenvalue weighted by Gasteiger charge is 2.29. The number of nitrogens with two attached hydrogens (primary N) is 1. The molecule has 3 rings (SSSR count). The van der Waals surface area contributed by atoms with Crippen LogP contribution in [0.5, 0.6) is 0 Å². The van der Waals surface area contributed by atoms with Gasteiger partial charge in [0.15, 0.2) is 0 Å². The van der Waals surface area contributed by atoms with Crippen LogP contribution in [0.1, 0.15) is 24.8 Å². The van der Waals surface area contributed by atoms with Gasteiger partial charge in [0, 0.05) is 30.9 Å². The first-order valence-corrected chi connectivity index (χ1v) is 9.42. The van der Waals surface area contributed by atoms with Crippen LogP contribution in [0, 0.1) is 5.92 Å². The van der Waals surface area contributed by atoms with E-state index in [0.717, 1.165) is 19.4 Å². The number of anilines is 2. The molecule has 0 spiro atoms. The summed E-state index contributed by atoms with van der Waals surface area (Å²) in [5.41, 5.74) is 5.85. The molecular formula is C19H26F2N4O3. The maximum absolute atomic E-state index is 13.6. The van der Waals surface area contributed by atoms with Crippen LogP contribution < -0.4 is 16.0 Å². The van der Waals surface area contributed by atoms with Gasteiger partial charge in [-0.25, -0.2) is 8.78 Å². The van der Waals surface area contributed by atoms with E-state index in [2.05, 4.69) is 5.32 Å². The Morgan fingerprint density at radius 3 is 2.79 bits per heavy atom. The van der Waals surface area contributed by atoms with Gasteiger partial charge in [0.1, 0.15) is 12.6 Å². The number of carbonyl (C=O) groups excluding carboxylic acids is 2. The number of hydrogen-bond acceptors (Lipinski definition) is 5. The van der Waals surface area contributed by atoms with Crippen molar-refractivity contribution in [3.05, 3.63) is 23.8 Å². The van der Waals surface area contributed by atoms with Crippen molar-refractivity contribution in [3.8, 4) is 0 Å². The molecule has 9 heteroatoms. The lowest BCUT2D eigenvalue weighted by atomic mass is 10.1. The molecule has 0 unspecified atom stereocenters. The summed E-state index contributed by atoms with van der Waals surface area (Å²) in [6, 6.07) is 3.65. The molecular weight excluding hydrogens is 370 g/mol. The Kier molecular flexibility index (Phi) is 6.58. The predicted molar refractivity (Wildman–Crippen MR) is 101 cm³/mol. The average molecular weight is 396 g/mol. The molecule has 1 heterocycles. The molecule has 1 saturated heterocycles. The standard InChI is InChI=1S/C19H26F2N4O3/c1-24(10-12-2-3-12)16(9-22)19(27)23-13-4-5-15(14(8-13)18(20)21)25-6-7-28-11-17(25)26/h4-5,8,12,16,18H,2-3,6-7,9-11,22H2,1H3,(H,23,27)/t16-/m1/s1. The zero-order valence-electron chi connectivity index (χ0n) is 15.9. The maximum atomic E-state index is 13.6. The number of rotatable bonds is 8. The Morgan fingerprint density at radius 2 is 2.18 bits per heavy atom. The largest absolute Gasteiger partial charge is 0.370 e. The van der Waals surface area contributed by atoms with E-state index in [1.165, 1.54) is 23.1 Å². The second-order valence-electron chi connectivity index (χ2n) is 7.30. The molecule has 154 valence electrons. The van der Waals surface area contributed by atoms with E-state index in [9.17, 15) is 18.4 Å². The highest BCUT2D eigenvalue weighted by molar-refractivity contribution is 5.97. The quantitative estimate of drug-likeness (QED) is 0.697. The first-order chi connectivity index (χ1) is 13.4. The summed E-state index contributed by atoms with van der Waals surface area (Å²) >= 11 is 0. The van der Waals surface area contributed by atoms with Gasteiger partial charge in [0.05, 0.1) is 12.3 Å². The number of likely N-dealkylation sites (N-methyl/N-ethyl adjacent to an activating group) is 1. The van der Waals surface area contributed by atoms with Crippen molar-refractivity contribution in [1.29, 1.82) is 0 Å². The molecule has 1 saturated carbocycles. The van der Waals surface area contributed by atoms with Crippen molar-refractivity contribution in [3.63, 3.8) is 0 Å². The Hall–Kier alpha value is -2.10. The van der Waals surface area contributed by atoms with E-state index in [1.54, 1.807) is 0 Å². The molecule has 0 radical (unpaired) electrons. The number of amides is 2. The molecule has 7 nitrogen and oxygen atoms in total. The van der Waals surface area contributed by atoms with Crippen LogP contribution in [-0.2, 0) is 14.3 Å². The van der Waals surface area contributed by atoms with Gasteiger partial charge in [-0.2, -0.15) is 0 Å². The molecule has 2 fully saturated rings. The Labute approximate surface area is 162 Å². The SMILES string of the molecule is CN(CC1CC1)[C@H](CN)C(=O)Nc1ccc(N2CCOCC2=O)c(C(F)F)c1. The third-order valence-electron chi connectivity index (χ3n) is 5.11. The molecule has 0 bridgehead atoms. The summed E-state index contributed by atoms with van der Waals surface area (Å²) in [5, 5.41) is 2.68. The van der Waals surface area contributed by atoms with Gasteiger partial charge in [0.25, 0.3) is 12.3 Å². The monoisotopic (exact) mass is 396 g/mol. The third kappa shape index (κ3) is 4.84. The normalized spacial score (nSPS) is 18.6. The minimum atomic E-state index is -2.79. The van der Waals surface area contributed by atoms with Crippen molar-refractivity contribution >= 4 is 23.2 Å². The third-order valence-corrected chi connectivity index (χ3v) is 5.11. The summed E-state index contributed by atoms with van der Waals surface area (Å²) in [7, 11) is 1.84. The lowest BCUT2D eigenvalue weighted by Crippen LogP contribution is -2.47. The number of carbonyl (C=O) groups is 2. The number of ether oxygens (including phenoxy) is 1. The van der Waals surface area contributed by atoms with Gasteiger partial charge >= 0.3 is 0 Å². The van der Waals surface area contributed by atoms with E-state index in [0.29, 0.717) is 12.5 Å². The van der Waals surface area contributed by atoms with Crippen LogP contribution >= 0.6 is 0 Å². The van der Waals surface area contributed by atoms with Gasteiger partial charge in [-0.3, -0.25) is 14.5 Å². The molecule has 1 aliphatic carbocycles. The van der Waals surface area contributed by atoms with Crippen LogP contribution in [0.25, 0.3) is 0 Å². The van der Waals surface area contributed by atoms with E-state index >= 15 is 0 Å². The summed E-state index contributed by atoms with van der Waals surface area (Å²) in [4.78, 5) is 27.8. The Bertz CT molecular complexity index is 727. The zero-order valence-corrected chi connectivity index (χ0v) is 15.9. The summed E-state index contributed by atoms with van der Waals surface area (Å²) in [6.07, 6.45) is -0.476. The number of halogens is 2. The number of nitrogens with zero attached hydrogens (tertiary/aromatic N) is 2. The van der Waals surface area contributed by atoms with E-state index in [1.807, 2.05) is 11.9 Å². The number of benzene rings is 1. The molecule has 1 aromatic rings. The highest BCUT2D eigenvalue weighted by atomic mass is 19.3. The summed E-state index contributed by atoms with van der Waals surface area (Å²) < 4.78 is 32.3. The average Bonchev–Trinajstić information content (AvgIpc) is 3.46. The van der Waals surface area contributed by atoms with Crippen LogP contribution in [0.3, 0.4) is 0 Å². The minimum absolute atomic E-state index is 0.132. The number of alkyl halides is 2. The maximum Gasteiger partial charge on any atom is 0.265 e. The predicted octanol–water partition coefficient (Wildman–Crippen LogP) is 1.59. The Balaban J connectivity index is 1.75. The van der Waals surface area contributed by atoms with Crippen LogP contribution in [0.2, 0.25) is 0 Å². The zero-order chi connectivity index (χ0) is 20.3. The number of hydrogen-bond donors (Lipinski definition) is 2. The Morgan fingerprint density at radius 1 is 1.43 bits per heavy atom. The lowest BCUT2D eigenvalue weighted by molar-refractivity contribution is -0.125. The molecule has 2 amide bonds. The second kappa shape index (κ2) is 8.93. The fourth-order valence-electron chi connectivity index (χ4n) is 3.37. The van der Waals surface area contributed by atoms with Crippen molar-refractivity contribution in [2.75, 3.05) is 50.1 Å². The number of morpholine rings is 1. The first-order valence-electron chi connectivity index (χ1n) is 9.42. The van der Waals surface area contributed by atoms with Gasteiger partial charge in [-0.15, -0.1) is 0 Å². The van der Waals surface area contributed by atoms with Gasteiger partial charge in [0.2, 0.25) is 5.91 Å². The van der Waals surface area contributed by atoms with Crippen molar-refractivity contribution in [2.45, 2.75) is 25.3 Å². The van der Waals surface area contributed by atoms with Crippen LogP contribution in [0.4, 0.5) is 20.2 Å². The first kappa shape index (κ1) is 20.6. The van der Waals surface area contributed by atoms with Gasteiger partial charge in [-0.05, 0) is 44.0 Å². The topological polar surface area (TPSA) is 87.9 Å². The van der Waals surface area contributed by atoms with Crippen molar-refractivity contribution < 1.29 is 23.1 Å². The second-order valence-corrected chi connectivity index (χ2v) is 7.30. The van der Waals surface area contributed by atoms with Crippen LogP contribution in [0.15, 0.2) is 18.2 Å². The lowest BCUT2D eigenvalue weighted by Gasteiger charge is -2.29. The molecule has 1 atom stereocenters. The molecule has 1 aliphatic heterocycles. The van der Waals surface area contributed by atoms with E-state index < -0.39 is 12.5 Å². The molecule has 3 N–H and O–H groups in total. The summed E-state index contributed by atoms with van der Waals surface area (Å²) in [5.74, 6) is -0.0986. The fourth-order valence-corrected chi connectivity index (χ4v) is 3.37. The number of nitrogens with one attached hydrogen (secondary N) is 1. The summed E-state index contributed by atoms with van der Waals surface area (Å²) in [6.45, 7) is 1.29. The van der Waals surface area contributed by atoms with Crippen molar-refractivity contribution in [1.82, 2.24) is 4.90 Å². The molecule has 2 aliphatic rings. The van der Waals surface area contributed by atoms with E-state index in [-0.39, 0.29) is 48.4 Å². The van der Waals surface area contributed by atoms with Crippen LogP contribution in [-0.4, -0.2) is 62.7 Å². The highest BCUT2D eigenvalue weighted by Crippen LogP contribution is 2.33. The van der Waals surface area contributed by atoms with E-state index in [4.69, 9.17) is 10.5 Å². The molecule has 0 aromatic heterocycles. The molecule has 1 aromatic carbocycles.